The van der Waals surface area contributed by atoms with Gasteiger partial charge in [0.25, 0.3) is 0 Å². The number of aryl methyl sites for hydroxylation is 1. The first kappa shape index (κ1) is 27.5. The molecular formula is C48H32S. The number of fused-ring (bicyclic) bond motifs is 12. The van der Waals surface area contributed by atoms with E-state index in [1.165, 1.54) is 109 Å². The highest BCUT2D eigenvalue weighted by atomic mass is 32.1. The Bertz CT molecular complexity index is 2930. The summed E-state index contributed by atoms with van der Waals surface area (Å²) in [6, 6.07) is 52.5. The Morgan fingerprint density at radius 3 is 1.92 bits per heavy atom. The molecule has 0 nitrogen and oxygen atoms in total. The number of rotatable bonds is 2. The summed E-state index contributed by atoms with van der Waals surface area (Å²) in [5, 5.41) is 13.2. The molecule has 9 aromatic rings. The van der Waals surface area contributed by atoms with Crippen molar-refractivity contribution in [3.05, 3.63) is 168 Å². The van der Waals surface area contributed by atoms with Crippen molar-refractivity contribution in [2.45, 2.75) is 25.7 Å². The third kappa shape index (κ3) is 4.22. The number of hydrogen-bond donors (Lipinski definition) is 0. The van der Waals surface area contributed by atoms with Crippen molar-refractivity contribution in [2.75, 3.05) is 0 Å². The van der Waals surface area contributed by atoms with E-state index >= 15 is 0 Å². The molecule has 230 valence electrons. The molecule has 1 aromatic heterocycles. The third-order valence-corrected chi connectivity index (χ3v) is 12.5. The van der Waals surface area contributed by atoms with Crippen LogP contribution < -0.4 is 0 Å². The molecule has 0 N–H and O–H groups in total. The number of thiophene rings is 1. The van der Waals surface area contributed by atoms with Crippen LogP contribution in [0.4, 0.5) is 0 Å². The van der Waals surface area contributed by atoms with Crippen LogP contribution in [0.25, 0.3) is 85.5 Å². The molecule has 0 bridgehead atoms. The minimum atomic E-state index is 1.11. The molecule has 0 fully saturated rings. The maximum absolute atomic E-state index is 2.54. The van der Waals surface area contributed by atoms with Gasteiger partial charge in [0.2, 0.25) is 0 Å². The molecule has 8 aromatic carbocycles. The number of hydrogen-bond acceptors (Lipinski definition) is 1. The summed E-state index contributed by atoms with van der Waals surface area (Å²) >= 11 is 1.97. The van der Waals surface area contributed by atoms with Gasteiger partial charge in [0.05, 0.1) is 0 Å². The van der Waals surface area contributed by atoms with Crippen molar-refractivity contribution in [2.24, 2.45) is 0 Å². The molecule has 0 saturated carbocycles. The van der Waals surface area contributed by atoms with Gasteiger partial charge in [0, 0.05) is 25.7 Å². The fourth-order valence-electron chi connectivity index (χ4n) is 8.75. The molecular weight excluding hydrogens is 609 g/mol. The van der Waals surface area contributed by atoms with E-state index in [-0.39, 0.29) is 0 Å². The Labute approximate surface area is 289 Å². The van der Waals surface area contributed by atoms with Gasteiger partial charge < -0.3 is 0 Å². The fraction of sp³-hybridized carbons (Fsp3) is 0.0833. The minimum Gasteiger partial charge on any atom is -0.135 e. The third-order valence-electron chi connectivity index (χ3n) is 11.3. The molecule has 2 aliphatic rings. The maximum atomic E-state index is 2.54. The first-order valence-electron chi connectivity index (χ1n) is 17.5. The minimum absolute atomic E-state index is 1.11. The molecule has 0 amide bonds. The molecule has 0 spiro atoms. The standard InChI is InChI=1S/C48H32S/c1-2-6-39-29(5-1)19-23-41-40(39)22-20-30-10-13-37(27-44(30)41)35-17-15-34-26-36(18-16-33(34)25-35)38-14-11-31-9-12-32-21-24-43-42-7-3-4-8-46(42)49-48(43)47(32)45(31)28-38/h1-8,10,13,15-28H,9,11-12,14H2. The summed E-state index contributed by atoms with van der Waals surface area (Å²) in [6.07, 6.45) is 7.15. The van der Waals surface area contributed by atoms with Gasteiger partial charge in [-0.25, -0.2) is 0 Å². The van der Waals surface area contributed by atoms with Gasteiger partial charge in [-0.2, -0.15) is 0 Å². The molecule has 0 atom stereocenters. The zero-order chi connectivity index (χ0) is 32.1. The van der Waals surface area contributed by atoms with E-state index in [0.717, 1.165) is 19.3 Å². The van der Waals surface area contributed by atoms with Crippen LogP contribution in [0.3, 0.4) is 0 Å². The molecule has 49 heavy (non-hydrogen) atoms. The lowest BCUT2D eigenvalue weighted by atomic mass is 9.78. The van der Waals surface area contributed by atoms with Gasteiger partial charge in [-0.1, -0.05) is 127 Å². The molecule has 2 aliphatic carbocycles. The van der Waals surface area contributed by atoms with Crippen LogP contribution in [-0.4, -0.2) is 0 Å². The quantitative estimate of drug-likeness (QED) is 0.165. The van der Waals surface area contributed by atoms with Crippen LogP contribution in [-0.2, 0) is 6.42 Å². The van der Waals surface area contributed by atoms with Gasteiger partial charge in [0.15, 0.2) is 0 Å². The normalized spacial score (nSPS) is 14.7. The van der Waals surface area contributed by atoms with Crippen LogP contribution >= 0.6 is 11.3 Å². The monoisotopic (exact) mass is 640 g/mol. The van der Waals surface area contributed by atoms with Crippen molar-refractivity contribution >= 4 is 85.7 Å². The summed E-state index contributed by atoms with van der Waals surface area (Å²) in [4.78, 5) is 0. The Kier molecular flexibility index (Phi) is 5.88. The van der Waals surface area contributed by atoms with Gasteiger partial charge >= 0.3 is 0 Å². The summed E-state index contributed by atoms with van der Waals surface area (Å²) < 4.78 is 2.85. The Morgan fingerprint density at radius 2 is 1.04 bits per heavy atom. The lowest BCUT2D eigenvalue weighted by molar-refractivity contribution is 0.836. The van der Waals surface area contributed by atoms with Crippen molar-refractivity contribution in [1.82, 2.24) is 0 Å². The fourth-order valence-corrected chi connectivity index (χ4v) is 10.0. The highest BCUT2D eigenvalue weighted by Crippen LogP contribution is 2.47. The van der Waals surface area contributed by atoms with E-state index in [0.29, 0.717) is 0 Å². The summed E-state index contributed by atoms with van der Waals surface area (Å²) in [5.41, 5.74) is 11.5. The Morgan fingerprint density at radius 1 is 0.408 bits per heavy atom. The van der Waals surface area contributed by atoms with E-state index in [1.807, 2.05) is 11.3 Å². The first-order valence-corrected chi connectivity index (χ1v) is 18.3. The summed E-state index contributed by atoms with van der Waals surface area (Å²) in [5.74, 6) is 0. The second-order valence-corrected chi connectivity index (χ2v) is 15.0. The van der Waals surface area contributed by atoms with Gasteiger partial charge in [-0.3, -0.25) is 0 Å². The SMILES string of the molecule is C1=C(c2ccc3cc(-c4ccc5ccc6c7ccccc7ccc6c5c4)ccc3c2)CCC2=C1c1c(ccc3c1sc1ccccc13)CC2. The van der Waals surface area contributed by atoms with Crippen molar-refractivity contribution in [1.29, 1.82) is 0 Å². The lowest BCUT2D eigenvalue weighted by Crippen LogP contribution is -2.08. The Hall–Kier alpha value is -5.50. The molecule has 1 heteroatoms. The molecule has 0 saturated heterocycles. The van der Waals surface area contributed by atoms with Gasteiger partial charge in [-0.15, -0.1) is 11.3 Å². The zero-order valence-corrected chi connectivity index (χ0v) is 27.9. The van der Waals surface area contributed by atoms with E-state index in [4.69, 9.17) is 0 Å². The smallest absolute Gasteiger partial charge is 0.0436 e. The van der Waals surface area contributed by atoms with E-state index in [1.54, 1.807) is 5.57 Å². The second-order valence-electron chi connectivity index (χ2n) is 13.9. The molecule has 0 unspecified atom stereocenters. The van der Waals surface area contributed by atoms with Gasteiger partial charge in [-0.05, 0) is 126 Å². The average molecular weight is 641 g/mol. The maximum Gasteiger partial charge on any atom is 0.0436 e. The van der Waals surface area contributed by atoms with Crippen LogP contribution in [0.5, 0.6) is 0 Å². The van der Waals surface area contributed by atoms with Crippen LogP contribution in [0.2, 0.25) is 0 Å². The zero-order valence-electron chi connectivity index (χ0n) is 27.1. The number of benzene rings is 8. The van der Waals surface area contributed by atoms with Gasteiger partial charge in [0.1, 0.15) is 0 Å². The number of allylic oxidation sites excluding steroid dienone is 4. The average Bonchev–Trinajstić information content (AvgIpc) is 3.55. The second kappa shape index (κ2) is 10.5. The van der Waals surface area contributed by atoms with E-state index in [2.05, 4.69) is 146 Å². The molecule has 1 heterocycles. The van der Waals surface area contributed by atoms with Crippen LogP contribution in [0.15, 0.2) is 151 Å². The first-order chi connectivity index (χ1) is 24.2. The Balaban J connectivity index is 0.978. The topological polar surface area (TPSA) is 0 Å². The van der Waals surface area contributed by atoms with Crippen molar-refractivity contribution in [3.63, 3.8) is 0 Å². The highest BCUT2D eigenvalue weighted by molar-refractivity contribution is 7.26. The molecule has 0 aliphatic heterocycles. The largest absolute Gasteiger partial charge is 0.135 e. The van der Waals surface area contributed by atoms with E-state index < -0.39 is 0 Å². The van der Waals surface area contributed by atoms with Crippen molar-refractivity contribution in [3.8, 4) is 11.1 Å². The van der Waals surface area contributed by atoms with Crippen LogP contribution in [0, 0.1) is 0 Å². The predicted octanol–water partition coefficient (Wildman–Crippen LogP) is 13.9. The predicted molar refractivity (Wildman–Crippen MR) is 214 cm³/mol. The summed E-state index contributed by atoms with van der Waals surface area (Å²) in [7, 11) is 0. The highest BCUT2D eigenvalue weighted by Gasteiger charge is 2.25. The van der Waals surface area contributed by atoms with Crippen LogP contribution in [0.1, 0.15) is 36.0 Å². The lowest BCUT2D eigenvalue weighted by Gasteiger charge is -2.27. The summed E-state index contributed by atoms with van der Waals surface area (Å²) in [6.45, 7) is 0. The molecule has 0 radical (unpaired) electrons. The van der Waals surface area contributed by atoms with Crippen molar-refractivity contribution < 1.29 is 0 Å². The molecule has 11 rings (SSSR count). The van der Waals surface area contributed by atoms with E-state index in [9.17, 15) is 0 Å².